The summed E-state index contributed by atoms with van der Waals surface area (Å²) in [6.07, 6.45) is 0.646. The minimum absolute atomic E-state index is 0.304. The van der Waals surface area contributed by atoms with Crippen LogP contribution in [0.4, 0.5) is 11.4 Å². The first-order valence-corrected chi connectivity index (χ1v) is 5.41. The number of para-hydroxylation sites is 2. The summed E-state index contributed by atoms with van der Waals surface area (Å²) in [7, 11) is 2.14. The number of hydrogen-bond acceptors (Lipinski definition) is 4. The largest absolute Gasteiger partial charge is 0.365 e. The van der Waals surface area contributed by atoms with Crippen molar-refractivity contribution < 1.29 is 0 Å². The Morgan fingerprint density at radius 3 is 2.93 bits per heavy atom. The molecule has 0 spiro atoms. The lowest BCUT2D eigenvalue weighted by Crippen LogP contribution is -2.67. The Bertz CT molecular complexity index is 365. The summed E-state index contributed by atoms with van der Waals surface area (Å²) in [6, 6.07) is 8.41. The van der Waals surface area contributed by atoms with E-state index in [1.807, 2.05) is 0 Å². The minimum atomic E-state index is 0.304. The first-order valence-electron chi connectivity index (χ1n) is 5.41. The van der Waals surface area contributed by atoms with Crippen LogP contribution in [-0.2, 0) is 0 Å². The molecule has 4 nitrogen and oxygen atoms in total. The van der Waals surface area contributed by atoms with E-state index in [1.54, 1.807) is 0 Å². The van der Waals surface area contributed by atoms with E-state index in [2.05, 4.69) is 52.2 Å². The van der Waals surface area contributed by atoms with Crippen LogP contribution in [0.5, 0.6) is 0 Å². The second-order valence-electron chi connectivity index (χ2n) is 4.10. The SMILES string of the molecule is CN1c2ccccc2N[C@@H]2NCCN[C@@H]21. The Labute approximate surface area is 89.7 Å². The van der Waals surface area contributed by atoms with Crippen LogP contribution in [0.1, 0.15) is 0 Å². The van der Waals surface area contributed by atoms with Crippen molar-refractivity contribution in [1.29, 1.82) is 0 Å². The average molecular weight is 204 g/mol. The average Bonchev–Trinajstić information content (AvgIpc) is 2.30. The number of nitrogens with one attached hydrogen (secondary N) is 3. The molecule has 0 radical (unpaired) electrons. The molecule has 0 unspecified atom stereocenters. The Kier molecular flexibility index (Phi) is 2.04. The smallest absolute Gasteiger partial charge is 0.114 e. The van der Waals surface area contributed by atoms with Gasteiger partial charge in [-0.15, -0.1) is 0 Å². The van der Waals surface area contributed by atoms with Crippen LogP contribution >= 0.6 is 0 Å². The molecular weight excluding hydrogens is 188 g/mol. The van der Waals surface area contributed by atoms with E-state index in [9.17, 15) is 0 Å². The van der Waals surface area contributed by atoms with E-state index in [-0.39, 0.29) is 0 Å². The third-order valence-electron chi connectivity index (χ3n) is 3.17. The maximum Gasteiger partial charge on any atom is 0.114 e. The topological polar surface area (TPSA) is 39.3 Å². The molecule has 2 atom stereocenters. The molecule has 1 saturated heterocycles. The van der Waals surface area contributed by atoms with Crippen LogP contribution in [0.2, 0.25) is 0 Å². The summed E-state index contributed by atoms with van der Waals surface area (Å²) in [4.78, 5) is 2.29. The molecule has 2 heterocycles. The van der Waals surface area contributed by atoms with Crippen LogP contribution in [-0.4, -0.2) is 32.5 Å². The predicted octanol–water partition coefficient (Wildman–Crippen LogP) is 0.393. The number of benzene rings is 1. The first-order chi connectivity index (χ1) is 7.36. The van der Waals surface area contributed by atoms with E-state index < -0.39 is 0 Å². The van der Waals surface area contributed by atoms with E-state index >= 15 is 0 Å². The highest BCUT2D eigenvalue weighted by atomic mass is 15.4. The zero-order valence-electron chi connectivity index (χ0n) is 8.83. The Balaban J connectivity index is 1.98. The zero-order chi connectivity index (χ0) is 10.3. The highest BCUT2D eigenvalue weighted by Gasteiger charge is 2.32. The molecule has 1 fully saturated rings. The number of nitrogens with zero attached hydrogens (tertiary/aromatic N) is 1. The second kappa shape index (κ2) is 3.40. The van der Waals surface area contributed by atoms with Gasteiger partial charge in [0, 0.05) is 20.1 Å². The molecule has 0 aromatic heterocycles. The number of fused-ring (bicyclic) bond motifs is 2. The van der Waals surface area contributed by atoms with Crippen molar-refractivity contribution in [2.24, 2.45) is 0 Å². The fourth-order valence-corrected chi connectivity index (χ4v) is 2.39. The predicted molar refractivity (Wildman–Crippen MR) is 62.0 cm³/mol. The van der Waals surface area contributed by atoms with Gasteiger partial charge in [-0.1, -0.05) is 12.1 Å². The van der Waals surface area contributed by atoms with Crippen LogP contribution < -0.4 is 20.9 Å². The third kappa shape index (κ3) is 1.37. The van der Waals surface area contributed by atoms with Gasteiger partial charge in [0.05, 0.1) is 11.4 Å². The standard InChI is InChI=1S/C11H16N4/c1-15-9-5-3-2-4-8(9)14-10-11(15)13-7-6-12-10/h2-5,10-14H,6-7H2,1H3/t10-,11+/m0/s1. The lowest BCUT2D eigenvalue weighted by atomic mass is 10.1. The molecule has 2 aliphatic heterocycles. The van der Waals surface area contributed by atoms with Crippen LogP contribution in [0.15, 0.2) is 24.3 Å². The quantitative estimate of drug-likeness (QED) is 0.572. The van der Waals surface area contributed by atoms with Gasteiger partial charge in [-0.3, -0.25) is 10.6 Å². The van der Waals surface area contributed by atoms with Crippen LogP contribution in [0.3, 0.4) is 0 Å². The van der Waals surface area contributed by atoms with Gasteiger partial charge in [-0.25, -0.2) is 0 Å². The van der Waals surface area contributed by atoms with E-state index in [0.717, 1.165) is 13.1 Å². The van der Waals surface area contributed by atoms with Crippen molar-refractivity contribution in [2.75, 3.05) is 30.4 Å². The van der Waals surface area contributed by atoms with Gasteiger partial charge in [0.1, 0.15) is 12.3 Å². The molecule has 1 aromatic rings. The fourth-order valence-electron chi connectivity index (χ4n) is 2.39. The van der Waals surface area contributed by atoms with Crippen LogP contribution in [0.25, 0.3) is 0 Å². The second-order valence-corrected chi connectivity index (χ2v) is 4.10. The van der Waals surface area contributed by atoms with Gasteiger partial charge in [0.25, 0.3) is 0 Å². The lowest BCUT2D eigenvalue weighted by molar-refractivity contribution is 0.336. The number of rotatable bonds is 0. The summed E-state index contributed by atoms with van der Waals surface area (Å²) in [6.45, 7) is 2.04. The Morgan fingerprint density at radius 2 is 2.00 bits per heavy atom. The van der Waals surface area contributed by atoms with Crippen molar-refractivity contribution in [3.05, 3.63) is 24.3 Å². The third-order valence-corrected chi connectivity index (χ3v) is 3.17. The number of anilines is 2. The molecule has 0 bridgehead atoms. The molecular formula is C11H16N4. The van der Waals surface area contributed by atoms with Crippen LogP contribution in [0, 0.1) is 0 Å². The van der Waals surface area contributed by atoms with E-state index in [4.69, 9.17) is 0 Å². The van der Waals surface area contributed by atoms with Gasteiger partial charge >= 0.3 is 0 Å². The Morgan fingerprint density at radius 1 is 1.20 bits per heavy atom. The molecule has 2 aliphatic rings. The molecule has 3 rings (SSSR count). The van der Waals surface area contributed by atoms with E-state index in [0.29, 0.717) is 12.3 Å². The molecule has 80 valence electrons. The number of piperazine rings is 1. The van der Waals surface area contributed by atoms with E-state index in [1.165, 1.54) is 11.4 Å². The highest BCUT2D eigenvalue weighted by molar-refractivity contribution is 5.72. The molecule has 0 saturated carbocycles. The van der Waals surface area contributed by atoms with Crippen molar-refractivity contribution in [1.82, 2.24) is 10.6 Å². The van der Waals surface area contributed by atoms with Gasteiger partial charge in [0.15, 0.2) is 0 Å². The van der Waals surface area contributed by atoms with Gasteiger partial charge in [-0.05, 0) is 12.1 Å². The molecule has 1 aromatic carbocycles. The van der Waals surface area contributed by atoms with Crippen molar-refractivity contribution in [3.8, 4) is 0 Å². The summed E-state index contributed by atoms with van der Waals surface area (Å²) >= 11 is 0. The first kappa shape index (κ1) is 9.00. The summed E-state index contributed by atoms with van der Waals surface area (Å²) < 4.78 is 0. The van der Waals surface area contributed by atoms with Crippen molar-refractivity contribution in [3.63, 3.8) is 0 Å². The lowest BCUT2D eigenvalue weighted by Gasteiger charge is -2.45. The molecule has 0 amide bonds. The summed E-state index contributed by atoms with van der Waals surface area (Å²) in [5.41, 5.74) is 2.47. The highest BCUT2D eigenvalue weighted by Crippen LogP contribution is 2.31. The zero-order valence-corrected chi connectivity index (χ0v) is 8.83. The van der Waals surface area contributed by atoms with Crippen molar-refractivity contribution in [2.45, 2.75) is 12.3 Å². The maximum absolute atomic E-state index is 3.51. The fraction of sp³-hybridized carbons (Fsp3) is 0.455. The monoisotopic (exact) mass is 204 g/mol. The summed E-state index contributed by atoms with van der Waals surface area (Å²) in [5.74, 6) is 0. The van der Waals surface area contributed by atoms with Gasteiger partial charge in [0.2, 0.25) is 0 Å². The molecule has 4 heteroatoms. The Hall–Kier alpha value is -1.26. The molecule has 3 N–H and O–H groups in total. The molecule has 15 heavy (non-hydrogen) atoms. The van der Waals surface area contributed by atoms with Gasteiger partial charge in [-0.2, -0.15) is 0 Å². The maximum atomic E-state index is 3.51. The van der Waals surface area contributed by atoms with Crippen molar-refractivity contribution >= 4 is 11.4 Å². The normalized spacial score (nSPS) is 29.0. The number of likely N-dealkylation sites (N-methyl/N-ethyl adjacent to an activating group) is 1. The number of hydrogen-bond donors (Lipinski definition) is 3. The minimum Gasteiger partial charge on any atom is -0.365 e. The van der Waals surface area contributed by atoms with Gasteiger partial charge < -0.3 is 10.2 Å². The molecule has 0 aliphatic carbocycles. The summed E-state index contributed by atoms with van der Waals surface area (Å²) in [5, 5.41) is 10.5.